The average Bonchev–Trinajstić information content (AvgIpc) is 2.21. The van der Waals surface area contributed by atoms with Crippen molar-refractivity contribution in [3.63, 3.8) is 0 Å². The number of carboxylic acid groups (broad SMARTS) is 1. The monoisotopic (exact) mass is 238 g/mol. The van der Waals surface area contributed by atoms with E-state index in [1.54, 1.807) is 0 Å². The predicted molar refractivity (Wildman–Crippen MR) is 43.0 cm³/mol. The second-order valence-corrected chi connectivity index (χ2v) is 2.68. The Bertz CT molecular complexity index is 455. The van der Waals surface area contributed by atoms with Crippen LogP contribution in [0.15, 0.2) is 11.9 Å². The van der Waals surface area contributed by atoms with Crippen LogP contribution in [0.2, 0.25) is 0 Å². The molecule has 1 aromatic carbocycles. The maximum atomic E-state index is 12.9. The summed E-state index contributed by atoms with van der Waals surface area (Å²) in [5.41, 5.74) is -1.42. The van der Waals surface area contributed by atoms with Crippen molar-refractivity contribution in [3.8, 4) is 0 Å². The van der Waals surface area contributed by atoms with E-state index >= 15 is 0 Å². The summed E-state index contributed by atoms with van der Waals surface area (Å²) in [5.74, 6) is -11.3. The van der Waals surface area contributed by atoms with Crippen molar-refractivity contribution in [2.45, 2.75) is 0 Å². The predicted octanol–water partition coefficient (Wildman–Crippen LogP) is 2.64. The highest BCUT2D eigenvalue weighted by Crippen LogP contribution is 2.22. The lowest BCUT2D eigenvalue weighted by atomic mass is 10.1. The van der Waals surface area contributed by atoms with E-state index in [0.29, 0.717) is 0 Å². The molecule has 0 amide bonds. The number of hydrogen-bond acceptors (Lipinski definition) is 1. The lowest BCUT2D eigenvalue weighted by molar-refractivity contribution is -0.134. The van der Waals surface area contributed by atoms with Crippen LogP contribution in [0.5, 0.6) is 0 Å². The minimum atomic E-state index is -2.11. The number of halogens is 5. The largest absolute Gasteiger partial charge is 0.476 e. The Morgan fingerprint density at radius 2 is 1.56 bits per heavy atom. The van der Waals surface area contributed by atoms with Gasteiger partial charge in [-0.3, -0.25) is 0 Å². The number of hydrogen-bond donors (Lipinski definition) is 1. The SMILES string of the molecule is O=C(O)C(F)=Cc1c(F)c(F)cc(F)c1F. The first-order valence-corrected chi connectivity index (χ1v) is 3.78. The van der Waals surface area contributed by atoms with Crippen molar-refractivity contribution >= 4 is 12.0 Å². The number of rotatable bonds is 2. The molecule has 1 aromatic rings. The van der Waals surface area contributed by atoms with Crippen LogP contribution in [-0.4, -0.2) is 11.1 Å². The van der Waals surface area contributed by atoms with E-state index in [-0.39, 0.29) is 12.1 Å². The van der Waals surface area contributed by atoms with Crippen molar-refractivity contribution in [3.05, 3.63) is 40.7 Å². The first-order valence-electron chi connectivity index (χ1n) is 3.78. The Morgan fingerprint density at radius 1 is 1.12 bits per heavy atom. The molecule has 0 unspecified atom stereocenters. The summed E-state index contributed by atoms with van der Waals surface area (Å²) in [4.78, 5) is 10.0. The Morgan fingerprint density at radius 3 is 1.94 bits per heavy atom. The first kappa shape index (κ1) is 12.2. The molecular weight excluding hydrogens is 235 g/mol. The van der Waals surface area contributed by atoms with Gasteiger partial charge in [0.15, 0.2) is 23.3 Å². The zero-order valence-electron chi connectivity index (χ0n) is 7.40. The molecule has 86 valence electrons. The molecule has 2 nitrogen and oxygen atoms in total. The zero-order valence-corrected chi connectivity index (χ0v) is 7.40. The maximum absolute atomic E-state index is 12.9. The quantitative estimate of drug-likeness (QED) is 0.488. The molecule has 0 saturated heterocycles. The molecule has 0 atom stereocenters. The molecule has 0 aliphatic heterocycles. The van der Waals surface area contributed by atoms with E-state index in [0.717, 1.165) is 0 Å². The van der Waals surface area contributed by atoms with Gasteiger partial charge in [0.2, 0.25) is 5.83 Å². The van der Waals surface area contributed by atoms with Crippen LogP contribution in [0.4, 0.5) is 22.0 Å². The molecule has 1 rings (SSSR count). The summed E-state index contributed by atoms with van der Waals surface area (Å²) in [5, 5.41) is 8.09. The van der Waals surface area contributed by atoms with Gasteiger partial charge >= 0.3 is 5.97 Å². The Balaban J connectivity index is 3.44. The van der Waals surface area contributed by atoms with E-state index < -0.39 is 40.6 Å². The molecule has 0 saturated carbocycles. The van der Waals surface area contributed by atoms with Crippen LogP contribution in [0.3, 0.4) is 0 Å². The van der Waals surface area contributed by atoms with Crippen LogP contribution in [0.1, 0.15) is 5.56 Å². The molecule has 0 radical (unpaired) electrons. The molecule has 16 heavy (non-hydrogen) atoms. The Kier molecular flexibility index (Phi) is 3.26. The number of carbonyl (C=O) groups is 1. The smallest absolute Gasteiger partial charge is 0.364 e. The lowest BCUT2D eigenvalue weighted by Gasteiger charge is -2.02. The normalized spacial score (nSPS) is 11.7. The minimum absolute atomic E-state index is 0.0688. The molecule has 0 heterocycles. The van der Waals surface area contributed by atoms with E-state index in [1.165, 1.54) is 0 Å². The van der Waals surface area contributed by atoms with Gasteiger partial charge in [0.1, 0.15) is 0 Å². The topological polar surface area (TPSA) is 37.3 Å². The third-order valence-corrected chi connectivity index (χ3v) is 1.62. The summed E-state index contributed by atoms with van der Waals surface area (Å²) >= 11 is 0. The van der Waals surface area contributed by atoms with Crippen molar-refractivity contribution in [2.75, 3.05) is 0 Å². The second kappa shape index (κ2) is 4.30. The fourth-order valence-electron chi connectivity index (χ4n) is 0.907. The molecule has 1 N–H and O–H groups in total. The molecule has 0 spiro atoms. The van der Waals surface area contributed by atoms with E-state index in [1.807, 2.05) is 0 Å². The Hall–Kier alpha value is -1.92. The van der Waals surface area contributed by atoms with Gasteiger partial charge in [0.25, 0.3) is 0 Å². The number of benzene rings is 1. The molecule has 0 aliphatic rings. The van der Waals surface area contributed by atoms with E-state index in [2.05, 4.69) is 0 Å². The van der Waals surface area contributed by atoms with Crippen LogP contribution < -0.4 is 0 Å². The van der Waals surface area contributed by atoms with Crippen LogP contribution in [0.25, 0.3) is 6.08 Å². The van der Waals surface area contributed by atoms with Gasteiger partial charge in [-0.1, -0.05) is 0 Å². The molecule has 0 fully saturated rings. The maximum Gasteiger partial charge on any atom is 0.364 e. The third-order valence-electron chi connectivity index (χ3n) is 1.62. The van der Waals surface area contributed by atoms with Crippen LogP contribution in [0, 0.1) is 23.3 Å². The van der Waals surface area contributed by atoms with Gasteiger partial charge in [-0.25, -0.2) is 22.4 Å². The highest BCUT2D eigenvalue weighted by atomic mass is 19.2. The Labute approximate surface area is 85.6 Å². The standard InChI is InChI=1S/C9H3F5O2/c10-4-2-5(11)8(14)3(7(4)13)1-6(12)9(15)16/h1-2H,(H,15,16). The summed E-state index contributed by atoms with van der Waals surface area (Å²) < 4.78 is 63.5. The van der Waals surface area contributed by atoms with Gasteiger partial charge in [-0.2, -0.15) is 4.39 Å². The van der Waals surface area contributed by atoms with Gasteiger partial charge in [0.05, 0.1) is 5.56 Å². The second-order valence-electron chi connectivity index (χ2n) is 2.68. The van der Waals surface area contributed by atoms with Crippen molar-refractivity contribution < 1.29 is 31.9 Å². The average molecular weight is 238 g/mol. The highest BCUT2D eigenvalue weighted by Gasteiger charge is 2.19. The van der Waals surface area contributed by atoms with Gasteiger partial charge in [-0.15, -0.1) is 0 Å². The van der Waals surface area contributed by atoms with Gasteiger partial charge < -0.3 is 5.11 Å². The van der Waals surface area contributed by atoms with Gasteiger partial charge in [-0.05, 0) is 6.08 Å². The zero-order chi connectivity index (χ0) is 12.5. The fourth-order valence-corrected chi connectivity index (χ4v) is 0.907. The number of aliphatic carboxylic acids is 1. The lowest BCUT2D eigenvalue weighted by Crippen LogP contribution is -2.01. The fraction of sp³-hybridized carbons (Fsp3) is 0. The molecule has 0 aliphatic carbocycles. The highest BCUT2D eigenvalue weighted by molar-refractivity contribution is 5.89. The summed E-state index contributed by atoms with van der Waals surface area (Å²) in [6.45, 7) is 0. The van der Waals surface area contributed by atoms with Gasteiger partial charge in [0, 0.05) is 6.07 Å². The van der Waals surface area contributed by atoms with Crippen LogP contribution in [-0.2, 0) is 4.79 Å². The molecular formula is C9H3F5O2. The van der Waals surface area contributed by atoms with Crippen molar-refractivity contribution in [1.29, 1.82) is 0 Å². The summed E-state index contributed by atoms with van der Waals surface area (Å²) in [6.07, 6.45) is -0.140. The first-order chi connectivity index (χ1) is 7.34. The molecule has 0 aromatic heterocycles. The minimum Gasteiger partial charge on any atom is -0.476 e. The summed E-state index contributed by atoms with van der Waals surface area (Å²) in [7, 11) is 0. The summed E-state index contributed by atoms with van der Waals surface area (Å²) in [6, 6.07) is -0.0688. The van der Waals surface area contributed by atoms with E-state index in [9.17, 15) is 26.7 Å². The van der Waals surface area contributed by atoms with Crippen molar-refractivity contribution in [1.82, 2.24) is 0 Å². The van der Waals surface area contributed by atoms with E-state index in [4.69, 9.17) is 5.11 Å². The van der Waals surface area contributed by atoms with Crippen LogP contribution >= 0.6 is 0 Å². The molecule has 0 bridgehead atoms. The third kappa shape index (κ3) is 2.18. The number of carboxylic acids is 1. The van der Waals surface area contributed by atoms with Crippen molar-refractivity contribution in [2.24, 2.45) is 0 Å². The molecule has 7 heteroatoms.